The molecule has 3 nitrogen and oxygen atoms in total. The van der Waals surface area contributed by atoms with Gasteiger partial charge in [-0.1, -0.05) is 6.92 Å². The van der Waals surface area contributed by atoms with E-state index in [1.807, 2.05) is 4.90 Å². The molecule has 0 saturated heterocycles. The summed E-state index contributed by atoms with van der Waals surface area (Å²) >= 11 is 0. The van der Waals surface area contributed by atoms with Gasteiger partial charge in [0.25, 0.3) is 0 Å². The van der Waals surface area contributed by atoms with Crippen molar-refractivity contribution in [2.75, 3.05) is 19.7 Å². The Morgan fingerprint density at radius 1 is 1.25 bits per heavy atom. The minimum atomic E-state index is -0.0513. The molecule has 0 heterocycles. The average molecular weight is 279 g/mol. The predicted octanol–water partition coefficient (Wildman–Crippen LogP) is 2.82. The molecule has 1 amide bonds. The highest BCUT2D eigenvalue weighted by molar-refractivity contribution is 5.83. The molecular formula is C17H29NO2. The van der Waals surface area contributed by atoms with Crippen molar-refractivity contribution in [2.45, 2.75) is 58.8 Å². The normalized spacial score (nSPS) is 42.0. The lowest BCUT2D eigenvalue weighted by Gasteiger charge is -2.61. The van der Waals surface area contributed by atoms with Gasteiger partial charge in [0.05, 0.1) is 5.41 Å². The molecule has 0 spiro atoms. The molecule has 2 atom stereocenters. The summed E-state index contributed by atoms with van der Waals surface area (Å²) in [7, 11) is 0. The van der Waals surface area contributed by atoms with Crippen LogP contribution in [-0.4, -0.2) is 35.6 Å². The zero-order valence-corrected chi connectivity index (χ0v) is 13.0. The standard InChI is InChI=1S/C17H29NO2/c1-3-18(5-4-6-19)15(20)17-10-13-7-14(11-17)9-16(2,8-13)12-17/h13-14,19H,3-12H2,1-2H3. The smallest absolute Gasteiger partial charge is 0.228 e. The summed E-state index contributed by atoms with van der Waals surface area (Å²) in [5.74, 6) is 1.98. The lowest BCUT2D eigenvalue weighted by Crippen LogP contribution is -2.57. The molecule has 4 fully saturated rings. The molecule has 3 heteroatoms. The summed E-state index contributed by atoms with van der Waals surface area (Å²) in [6.07, 6.45) is 8.15. The second-order valence-electron chi connectivity index (χ2n) is 8.01. The van der Waals surface area contributed by atoms with E-state index >= 15 is 0 Å². The third-order valence-electron chi connectivity index (χ3n) is 6.06. The number of rotatable bonds is 5. The Labute approximate surface area is 122 Å². The van der Waals surface area contributed by atoms with Crippen molar-refractivity contribution in [2.24, 2.45) is 22.7 Å². The summed E-state index contributed by atoms with van der Waals surface area (Å²) in [6, 6.07) is 0. The van der Waals surface area contributed by atoms with Crippen LogP contribution in [0.3, 0.4) is 0 Å². The van der Waals surface area contributed by atoms with Gasteiger partial charge >= 0.3 is 0 Å². The maximum atomic E-state index is 13.1. The van der Waals surface area contributed by atoms with Crippen molar-refractivity contribution in [3.8, 4) is 0 Å². The van der Waals surface area contributed by atoms with Gasteiger partial charge in [-0.3, -0.25) is 4.79 Å². The number of aliphatic hydroxyl groups is 1. The maximum absolute atomic E-state index is 13.1. The Bertz CT molecular complexity index is 378. The van der Waals surface area contributed by atoms with Crippen LogP contribution in [0.4, 0.5) is 0 Å². The first-order chi connectivity index (χ1) is 9.50. The third kappa shape index (κ3) is 2.28. The van der Waals surface area contributed by atoms with Crippen LogP contribution in [0, 0.1) is 22.7 Å². The average Bonchev–Trinajstić information content (AvgIpc) is 2.36. The van der Waals surface area contributed by atoms with Crippen LogP contribution in [0.25, 0.3) is 0 Å². The number of amides is 1. The van der Waals surface area contributed by atoms with E-state index in [0.717, 1.165) is 44.2 Å². The summed E-state index contributed by atoms with van der Waals surface area (Å²) in [5, 5.41) is 9.03. The Morgan fingerprint density at radius 2 is 1.90 bits per heavy atom. The number of hydrogen-bond donors (Lipinski definition) is 1. The molecule has 0 aliphatic heterocycles. The monoisotopic (exact) mass is 279 g/mol. The molecule has 0 aromatic carbocycles. The topological polar surface area (TPSA) is 40.5 Å². The van der Waals surface area contributed by atoms with Crippen LogP contribution in [-0.2, 0) is 4.79 Å². The van der Waals surface area contributed by atoms with E-state index in [2.05, 4.69) is 13.8 Å². The van der Waals surface area contributed by atoms with E-state index in [1.165, 1.54) is 19.3 Å². The molecule has 2 unspecified atom stereocenters. The Hall–Kier alpha value is -0.570. The number of hydrogen-bond acceptors (Lipinski definition) is 2. The van der Waals surface area contributed by atoms with Crippen molar-refractivity contribution in [3.63, 3.8) is 0 Å². The number of nitrogens with zero attached hydrogens (tertiary/aromatic N) is 1. The molecule has 4 rings (SSSR count). The zero-order valence-electron chi connectivity index (χ0n) is 13.0. The SMILES string of the molecule is CCN(CCCO)C(=O)C12CC3CC(CC(C)(C3)C1)C2. The van der Waals surface area contributed by atoms with E-state index in [-0.39, 0.29) is 12.0 Å². The van der Waals surface area contributed by atoms with Crippen LogP contribution in [0.1, 0.15) is 58.8 Å². The second-order valence-corrected chi connectivity index (χ2v) is 8.01. The first kappa shape index (κ1) is 14.4. The highest BCUT2D eigenvalue weighted by Crippen LogP contribution is 2.65. The van der Waals surface area contributed by atoms with Gasteiger partial charge in [-0.15, -0.1) is 0 Å². The summed E-state index contributed by atoms with van der Waals surface area (Å²) < 4.78 is 0. The molecular weight excluding hydrogens is 250 g/mol. The Kier molecular flexibility index (Phi) is 3.60. The fourth-order valence-electron chi connectivity index (χ4n) is 5.97. The van der Waals surface area contributed by atoms with Gasteiger partial charge in [0.15, 0.2) is 0 Å². The molecule has 0 aromatic heterocycles. The van der Waals surface area contributed by atoms with Crippen molar-refractivity contribution >= 4 is 5.91 Å². The van der Waals surface area contributed by atoms with Crippen molar-refractivity contribution in [3.05, 3.63) is 0 Å². The van der Waals surface area contributed by atoms with Crippen LogP contribution in [0.5, 0.6) is 0 Å². The van der Waals surface area contributed by atoms with Crippen LogP contribution < -0.4 is 0 Å². The summed E-state index contributed by atoms with van der Waals surface area (Å²) in [6.45, 7) is 6.17. The molecule has 20 heavy (non-hydrogen) atoms. The molecule has 114 valence electrons. The van der Waals surface area contributed by atoms with Crippen molar-refractivity contribution < 1.29 is 9.90 Å². The lowest BCUT2D eigenvalue weighted by atomic mass is 9.44. The van der Waals surface area contributed by atoms with E-state index in [0.29, 0.717) is 17.7 Å². The van der Waals surface area contributed by atoms with Gasteiger partial charge in [-0.25, -0.2) is 0 Å². The fraction of sp³-hybridized carbons (Fsp3) is 0.941. The van der Waals surface area contributed by atoms with E-state index in [1.54, 1.807) is 0 Å². The molecule has 4 saturated carbocycles. The van der Waals surface area contributed by atoms with E-state index in [4.69, 9.17) is 5.11 Å². The lowest BCUT2D eigenvalue weighted by molar-refractivity contribution is -0.166. The summed E-state index contributed by atoms with van der Waals surface area (Å²) in [4.78, 5) is 15.1. The Balaban J connectivity index is 1.79. The molecule has 4 aliphatic carbocycles. The quantitative estimate of drug-likeness (QED) is 0.840. The number of aliphatic hydroxyl groups excluding tert-OH is 1. The highest BCUT2D eigenvalue weighted by atomic mass is 16.3. The minimum Gasteiger partial charge on any atom is -0.396 e. The third-order valence-corrected chi connectivity index (χ3v) is 6.06. The second kappa shape index (κ2) is 5.01. The van der Waals surface area contributed by atoms with E-state index < -0.39 is 0 Å². The van der Waals surface area contributed by atoms with Gasteiger partial charge in [-0.05, 0) is 69.1 Å². The maximum Gasteiger partial charge on any atom is 0.228 e. The number of carbonyl (C=O) groups excluding carboxylic acids is 1. The van der Waals surface area contributed by atoms with Gasteiger partial charge in [0.2, 0.25) is 5.91 Å². The first-order valence-corrected chi connectivity index (χ1v) is 8.40. The molecule has 1 N–H and O–H groups in total. The Morgan fingerprint density at radius 3 is 2.40 bits per heavy atom. The minimum absolute atomic E-state index is 0.0513. The highest BCUT2D eigenvalue weighted by Gasteiger charge is 2.59. The van der Waals surface area contributed by atoms with Gasteiger partial charge in [-0.2, -0.15) is 0 Å². The van der Waals surface area contributed by atoms with Gasteiger partial charge in [0, 0.05) is 19.7 Å². The molecule has 0 radical (unpaired) electrons. The van der Waals surface area contributed by atoms with E-state index in [9.17, 15) is 4.79 Å². The molecule has 4 bridgehead atoms. The van der Waals surface area contributed by atoms with Crippen LogP contribution in [0.2, 0.25) is 0 Å². The first-order valence-electron chi connectivity index (χ1n) is 8.40. The molecule has 0 aromatic rings. The van der Waals surface area contributed by atoms with Crippen LogP contribution >= 0.6 is 0 Å². The van der Waals surface area contributed by atoms with Crippen LogP contribution in [0.15, 0.2) is 0 Å². The molecule has 4 aliphatic rings. The number of carbonyl (C=O) groups is 1. The van der Waals surface area contributed by atoms with Gasteiger partial charge < -0.3 is 10.0 Å². The van der Waals surface area contributed by atoms with Crippen molar-refractivity contribution in [1.82, 2.24) is 4.90 Å². The summed E-state index contributed by atoms with van der Waals surface area (Å²) in [5.41, 5.74) is 0.375. The van der Waals surface area contributed by atoms with Crippen molar-refractivity contribution in [1.29, 1.82) is 0 Å². The zero-order chi connectivity index (χ0) is 14.4. The predicted molar refractivity (Wildman–Crippen MR) is 79.2 cm³/mol. The fourth-order valence-corrected chi connectivity index (χ4v) is 5.97. The van der Waals surface area contributed by atoms with Gasteiger partial charge in [0.1, 0.15) is 0 Å². The largest absolute Gasteiger partial charge is 0.396 e.